The minimum absolute atomic E-state index is 0.0759. The molecule has 0 radical (unpaired) electrons. The first-order chi connectivity index (χ1) is 19.9. The highest BCUT2D eigenvalue weighted by Crippen LogP contribution is 2.58. The molecular weight excluding hydrogens is 600 g/mol. The Morgan fingerprint density at radius 3 is 2.66 bits per heavy atom. The quantitative estimate of drug-likeness (QED) is 0.349. The zero-order valence-electron chi connectivity index (χ0n) is 23.2. The van der Waals surface area contributed by atoms with Gasteiger partial charge in [0, 0.05) is 30.4 Å². The highest BCUT2D eigenvalue weighted by molar-refractivity contribution is 9.10. The number of methoxy groups -OCH3 is 3. The van der Waals surface area contributed by atoms with E-state index in [0.717, 1.165) is 21.3 Å². The van der Waals surface area contributed by atoms with Gasteiger partial charge in [-0.2, -0.15) is 0 Å². The Hall–Kier alpha value is -3.55. The smallest absolute Gasteiger partial charge is 0.343 e. The Bertz CT molecular complexity index is 1490. The number of rotatable bonds is 9. The summed E-state index contributed by atoms with van der Waals surface area (Å²) >= 11 is 3.75. The molecule has 3 aliphatic rings. The average Bonchev–Trinajstić information content (AvgIpc) is 3.72. The molecule has 0 aliphatic carbocycles. The number of carbonyl (C=O) groups is 1. The lowest BCUT2D eigenvalue weighted by Gasteiger charge is -2.40. The van der Waals surface area contributed by atoms with Crippen molar-refractivity contribution < 1.29 is 38.3 Å². The fourth-order valence-corrected chi connectivity index (χ4v) is 6.60. The summed E-state index contributed by atoms with van der Waals surface area (Å²) in [6.45, 7) is 3.39. The maximum absolute atomic E-state index is 13.4. The van der Waals surface area contributed by atoms with Crippen molar-refractivity contribution in [1.82, 2.24) is 19.9 Å². The lowest BCUT2D eigenvalue weighted by molar-refractivity contribution is 0.000179. The van der Waals surface area contributed by atoms with E-state index < -0.39 is 24.2 Å². The van der Waals surface area contributed by atoms with E-state index in [-0.39, 0.29) is 6.79 Å². The van der Waals surface area contributed by atoms with E-state index in [0.29, 0.717) is 72.4 Å². The number of esters is 1. The van der Waals surface area contributed by atoms with Crippen molar-refractivity contribution in [3.63, 3.8) is 0 Å². The lowest BCUT2D eigenvalue weighted by atomic mass is 9.85. The number of nitrogens with zero attached hydrogens (tertiary/aromatic N) is 4. The van der Waals surface area contributed by atoms with Crippen LogP contribution in [-0.4, -0.2) is 71.7 Å². The third-order valence-corrected chi connectivity index (χ3v) is 8.66. The molecule has 0 fully saturated rings. The molecule has 1 aromatic heterocycles. The van der Waals surface area contributed by atoms with Crippen LogP contribution in [0.25, 0.3) is 0 Å². The highest BCUT2D eigenvalue weighted by atomic mass is 79.9. The molecule has 0 saturated heterocycles. The van der Waals surface area contributed by atoms with Gasteiger partial charge in [0.2, 0.25) is 12.5 Å². The standard InChI is InChI=1S/C28H31BrN4O8/c1-5-15(34)12-33-11-14(30-31-33)10-32-9-8-16-19(25(38-4)27-26(21(16)29)39-13-40-27)22(32)23-17-6-7-18(36-2)24(37-3)20(17)28(35)41-23/h6-7,11,15,22-23,34H,5,8-10,12-13H2,1-4H3/t15?,22-,23+/m1/s1. The van der Waals surface area contributed by atoms with E-state index in [2.05, 4.69) is 31.1 Å². The Morgan fingerprint density at radius 1 is 1.15 bits per heavy atom. The van der Waals surface area contributed by atoms with Gasteiger partial charge in [-0.3, -0.25) is 4.90 Å². The third-order valence-electron chi connectivity index (χ3n) is 7.82. The van der Waals surface area contributed by atoms with Crippen LogP contribution in [0.15, 0.2) is 22.8 Å². The maximum Gasteiger partial charge on any atom is 0.343 e. The molecule has 12 nitrogen and oxygen atoms in total. The van der Waals surface area contributed by atoms with Gasteiger partial charge in [0.1, 0.15) is 11.7 Å². The maximum atomic E-state index is 13.4. The number of cyclic esters (lactones) is 1. The summed E-state index contributed by atoms with van der Waals surface area (Å²) in [7, 11) is 4.62. The first kappa shape index (κ1) is 27.6. The first-order valence-electron chi connectivity index (χ1n) is 13.3. The van der Waals surface area contributed by atoms with Crippen molar-refractivity contribution in [3.05, 3.63) is 50.8 Å². The predicted octanol–water partition coefficient (Wildman–Crippen LogP) is 3.58. The molecule has 3 aliphatic heterocycles. The minimum Gasteiger partial charge on any atom is -0.493 e. The Kier molecular flexibility index (Phi) is 7.43. The van der Waals surface area contributed by atoms with Crippen molar-refractivity contribution >= 4 is 21.9 Å². The summed E-state index contributed by atoms with van der Waals surface area (Å²) in [5, 5.41) is 18.7. The van der Waals surface area contributed by atoms with Crippen molar-refractivity contribution in [2.24, 2.45) is 0 Å². The molecule has 3 atom stereocenters. The largest absolute Gasteiger partial charge is 0.493 e. The van der Waals surface area contributed by atoms with Gasteiger partial charge in [0.05, 0.1) is 50.2 Å². The van der Waals surface area contributed by atoms with Crippen LogP contribution >= 0.6 is 15.9 Å². The SMILES string of the molecule is CCC(O)Cn1cc(CN2CCc3c(Br)c4c(c(OC)c3[C@@H]2[C@H]2OC(=O)c3c2ccc(OC)c3OC)OCO4)nn1. The molecule has 41 heavy (non-hydrogen) atoms. The normalized spacial score (nSPS) is 19.9. The molecular formula is C28H31BrN4O8. The summed E-state index contributed by atoms with van der Waals surface area (Å²) in [5.41, 5.74) is 3.57. The van der Waals surface area contributed by atoms with Gasteiger partial charge < -0.3 is 33.5 Å². The summed E-state index contributed by atoms with van der Waals surface area (Å²) in [6.07, 6.45) is 1.91. The van der Waals surface area contributed by atoms with Crippen LogP contribution in [0.2, 0.25) is 0 Å². The van der Waals surface area contributed by atoms with Crippen molar-refractivity contribution in [2.45, 2.75) is 51.1 Å². The first-order valence-corrected chi connectivity index (χ1v) is 14.1. The Morgan fingerprint density at radius 2 is 1.93 bits per heavy atom. The molecule has 1 N–H and O–H groups in total. The van der Waals surface area contributed by atoms with Crippen molar-refractivity contribution in [2.75, 3.05) is 34.7 Å². The molecule has 6 rings (SSSR count). The van der Waals surface area contributed by atoms with Gasteiger partial charge in [-0.15, -0.1) is 5.10 Å². The Labute approximate surface area is 245 Å². The van der Waals surface area contributed by atoms with Crippen LogP contribution in [0.1, 0.15) is 58.2 Å². The predicted molar refractivity (Wildman–Crippen MR) is 148 cm³/mol. The zero-order valence-corrected chi connectivity index (χ0v) is 24.8. The molecule has 0 amide bonds. The van der Waals surface area contributed by atoms with E-state index in [1.54, 1.807) is 17.9 Å². The van der Waals surface area contributed by atoms with Crippen LogP contribution in [0, 0.1) is 0 Å². The van der Waals surface area contributed by atoms with Gasteiger partial charge in [-0.1, -0.05) is 18.2 Å². The number of halogens is 1. The van der Waals surface area contributed by atoms with Crippen LogP contribution in [0.5, 0.6) is 28.7 Å². The lowest BCUT2D eigenvalue weighted by Crippen LogP contribution is -2.39. The monoisotopic (exact) mass is 630 g/mol. The van der Waals surface area contributed by atoms with E-state index in [1.165, 1.54) is 14.2 Å². The number of aliphatic hydroxyl groups is 1. The summed E-state index contributed by atoms with van der Waals surface area (Å²) in [4.78, 5) is 15.6. The topological polar surface area (TPSA) is 127 Å². The average molecular weight is 631 g/mol. The molecule has 0 bridgehead atoms. The minimum atomic E-state index is -0.700. The van der Waals surface area contributed by atoms with Gasteiger partial charge in [0.15, 0.2) is 23.0 Å². The van der Waals surface area contributed by atoms with Gasteiger partial charge in [-0.05, 0) is 40.4 Å². The zero-order chi connectivity index (χ0) is 28.8. The van der Waals surface area contributed by atoms with Crippen LogP contribution in [-0.2, 0) is 24.2 Å². The van der Waals surface area contributed by atoms with E-state index in [4.69, 9.17) is 28.4 Å². The molecule has 0 saturated carbocycles. The molecule has 2 aromatic carbocycles. The van der Waals surface area contributed by atoms with Crippen LogP contribution < -0.4 is 23.7 Å². The molecule has 3 aromatic rings. The van der Waals surface area contributed by atoms with Crippen LogP contribution in [0.3, 0.4) is 0 Å². The summed E-state index contributed by atoms with van der Waals surface area (Å²) in [5.74, 6) is 1.91. The highest BCUT2D eigenvalue weighted by Gasteiger charge is 2.48. The number of fused-ring (bicyclic) bond motifs is 3. The second kappa shape index (κ2) is 11.0. The number of hydrogen-bond donors (Lipinski definition) is 1. The molecule has 13 heteroatoms. The molecule has 218 valence electrons. The second-order valence-corrected chi connectivity index (χ2v) is 10.8. The number of aliphatic hydroxyl groups excluding tert-OH is 1. The van der Waals surface area contributed by atoms with Gasteiger partial charge >= 0.3 is 5.97 Å². The molecule has 0 spiro atoms. The fourth-order valence-electron chi connectivity index (χ4n) is 5.90. The molecule has 4 heterocycles. The van der Waals surface area contributed by atoms with Crippen molar-refractivity contribution in [3.8, 4) is 28.7 Å². The Balaban J connectivity index is 1.48. The van der Waals surface area contributed by atoms with Gasteiger partial charge in [0.25, 0.3) is 0 Å². The van der Waals surface area contributed by atoms with Gasteiger partial charge in [-0.25, -0.2) is 9.48 Å². The van der Waals surface area contributed by atoms with E-state index in [9.17, 15) is 9.90 Å². The number of ether oxygens (including phenoxy) is 6. The number of hydrogen-bond acceptors (Lipinski definition) is 11. The summed E-state index contributed by atoms with van der Waals surface area (Å²) in [6, 6.07) is 3.14. The summed E-state index contributed by atoms with van der Waals surface area (Å²) < 4.78 is 37.2. The number of aromatic nitrogens is 3. The third kappa shape index (κ3) is 4.56. The van der Waals surface area contributed by atoms with Crippen molar-refractivity contribution in [1.29, 1.82) is 0 Å². The van der Waals surface area contributed by atoms with E-state index >= 15 is 0 Å². The number of carbonyl (C=O) groups excluding carboxylic acids is 1. The van der Waals surface area contributed by atoms with E-state index in [1.807, 2.05) is 19.2 Å². The fraction of sp³-hybridized carbons (Fsp3) is 0.464. The molecule has 1 unspecified atom stereocenters. The second-order valence-electron chi connectivity index (χ2n) is 10.1. The number of benzene rings is 2. The van der Waals surface area contributed by atoms with Crippen LogP contribution in [0.4, 0.5) is 0 Å².